The second-order valence-electron chi connectivity index (χ2n) is 4.88. The smallest absolute Gasteiger partial charge is 0.203 e. The molecule has 1 heterocycles. The number of nitrogens with one attached hydrogen (secondary N) is 1. The van der Waals surface area contributed by atoms with Crippen molar-refractivity contribution in [3.8, 4) is 17.2 Å². The summed E-state index contributed by atoms with van der Waals surface area (Å²) < 4.78 is 16.1. The average molecular weight is 297 g/mol. The minimum Gasteiger partial charge on any atom is -0.493 e. The molecule has 0 spiro atoms. The van der Waals surface area contributed by atoms with Gasteiger partial charge in [0.25, 0.3) is 0 Å². The van der Waals surface area contributed by atoms with Crippen molar-refractivity contribution in [3.63, 3.8) is 0 Å². The summed E-state index contributed by atoms with van der Waals surface area (Å²) in [6.45, 7) is 2.28. The molecule has 0 bridgehead atoms. The lowest BCUT2D eigenvalue weighted by atomic mass is 10.1. The fraction of sp³-hybridized carbons (Fsp3) is 0.600. The predicted octanol–water partition coefficient (Wildman–Crippen LogP) is 3.41. The predicted molar refractivity (Wildman–Crippen MR) is 84.7 cm³/mol. The summed E-state index contributed by atoms with van der Waals surface area (Å²) in [5.74, 6) is 3.26. The van der Waals surface area contributed by atoms with E-state index in [1.165, 1.54) is 18.6 Å². The molecule has 0 radical (unpaired) electrons. The molecule has 1 saturated heterocycles. The van der Waals surface area contributed by atoms with E-state index in [0.29, 0.717) is 28.5 Å². The van der Waals surface area contributed by atoms with Crippen molar-refractivity contribution in [1.82, 2.24) is 0 Å². The van der Waals surface area contributed by atoms with Crippen molar-refractivity contribution < 1.29 is 14.2 Å². The molecular weight excluding hydrogens is 274 g/mol. The topological polar surface area (TPSA) is 39.7 Å². The number of hydrogen-bond acceptors (Lipinski definition) is 5. The van der Waals surface area contributed by atoms with E-state index in [1.54, 1.807) is 21.3 Å². The molecular formula is C15H23NO3S. The molecule has 0 saturated carbocycles. The first-order chi connectivity index (χ1) is 9.69. The van der Waals surface area contributed by atoms with Crippen molar-refractivity contribution in [3.05, 3.63) is 12.1 Å². The van der Waals surface area contributed by atoms with Crippen molar-refractivity contribution in [2.45, 2.75) is 31.1 Å². The van der Waals surface area contributed by atoms with Gasteiger partial charge in [-0.15, -0.1) is 0 Å². The van der Waals surface area contributed by atoms with E-state index in [4.69, 9.17) is 14.2 Å². The first kappa shape index (κ1) is 15.2. The highest BCUT2D eigenvalue weighted by Gasteiger charge is 2.22. The zero-order chi connectivity index (χ0) is 14.5. The van der Waals surface area contributed by atoms with Gasteiger partial charge < -0.3 is 19.5 Å². The van der Waals surface area contributed by atoms with E-state index in [9.17, 15) is 0 Å². The Morgan fingerprint density at radius 3 is 2.25 bits per heavy atom. The molecule has 1 aromatic carbocycles. The fourth-order valence-corrected chi connectivity index (χ4v) is 3.63. The molecule has 20 heavy (non-hydrogen) atoms. The van der Waals surface area contributed by atoms with Gasteiger partial charge in [-0.05, 0) is 18.6 Å². The standard InChI is InChI=1S/C15H23NO3S/c1-10-12(6-5-7-20-10)16-11-8-13(17-2)15(19-4)14(9-11)18-3/h8-10,12,16H,5-7H2,1-4H3. The maximum absolute atomic E-state index is 5.39. The van der Waals surface area contributed by atoms with Gasteiger partial charge in [-0.3, -0.25) is 0 Å². The van der Waals surface area contributed by atoms with Crippen LogP contribution in [-0.2, 0) is 0 Å². The number of hydrogen-bond donors (Lipinski definition) is 1. The number of methoxy groups -OCH3 is 3. The number of rotatable bonds is 5. The molecule has 2 unspecified atom stereocenters. The van der Waals surface area contributed by atoms with Crippen LogP contribution in [0.5, 0.6) is 17.2 Å². The van der Waals surface area contributed by atoms with Crippen LogP contribution in [0.2, 0.25) is 0 Å². The third kappa shape index (κ3) is 3.26. The lowest BCUT2D eigenvalue weighted by Gasteiger charge is -2.30. The van der Waals surface area contributed by atoms with Crippen LogP contribution in [0, 0.1) is 0 Å². The van der Waals surface area contributed by atoms with Gasteiger partial charge >= 0.3 is 0 Å². The van der Waals surface area contributed by atoms with Crippen LogP contribution in [-0.4, -0.2) is 38.4 Å². The maximum Gasteiger partial charge on any atom is 0.203 e. The van der Waals surface area contributed by atoms with Crippen molar-refractivity contribution >= 4 is 17.4 Å². The van der Waals surface area contributed by atoms with Crippen LogP contribution >= 0.6 is 11.8 Å². The second-order valence-corrected chi connectivity index (χ2v) is 6.37. The molecule has 1 aliphatic rings. The van der Waals surface area contributed by atoms with Crippen LogP contribution in [0.3, 0.4) is 0 Å². The average Bonchev–Trinajstić information content (AvgIpc) is 2.48. The van der Waals surface area contributed by atoms with Crippen LogP contribution in [0.4, 0.5) is 5.69 Å². The lowest BCUT2D eigenvalue weighted by Crippen LogP contribution is -2.32. The Morgan fingerprint density at radius 2 is 1.75 bits per heavy atom. The molecule has 0 amide bonds. The molecule has 2 rings (SSSR count). The Bertz CT molecular complexity index is 428. The quantitative estimate of drug-likeness (QED) is 0.902. The molecule has 0 aromatic heterocycles. The summed E-state index contributed by atoms with van der Waals surface area (Å²) >= 11 is 2.02. The molecule has 2 atom stereocenters. The SMILES string of the molecule is COc1cc(NC2CCCSC2C)cc(OC)c1OC. The molecule has 5 heteroatoms. The number of benzene rings is 1. The van der Waals surface area contributed by atoms with Crippen LogP contribution in [0.25, 0.3) is 0 Å². The molecule has 0 aliphatic carbocycles. The maximum atomic E-state index is 5.39. The van der Waals surface area contributed by atoms with E-state index in [-0.39, 0.29) is 0 Å². The van der Waals surface area contributed by atoms with E-state index in [2.05, 4.69) is 12.2 Å². The van der Waals surface area contributed by atoms with Crippen molar-refractivity contribution in [1.29, 1.82) is 0 Å². The third-order valence-corrected chi connectivity index (χ3v) is 5.00. The summed E-state index contributed by atoms with van der Waals surface area (Å²) in [5.41, 5.74) is 1.01. The highest BCUT2D eigenvalue weighted by molar-refractivity contribution is 8.00. The van der Waals surface area contributed by atoms with Gasteiger partial charge in [0.05, 0.1) is 21.3 Å². The summed E-state index contributed by atoms with van der Waals surface area (Å²) in [6.07, 6.45) is 2.46. The molecule has 1 aromatic rings. The normalized spacial score (nSPS) is 22.2. The zero-order valence-corrected chi connectivity index (χ0v) is 13.4. The first-order valence-electron chi connectivity index (χ1n) is 6.87. The summed E-state index contributed by atoms with van der Waals surface area (Å²) in [6, 6.07) is 4.41. The molecule has 112 valence electrons. The Balaban J connectivity index is 2.23. The zero-order valence-electron chi connectivity index (χ0n) is 12.6. The van der Waals surface area contributed by atoms with E-state index < -0.39 is 0 Å². The number of thioether (sulfide) groups is 1. The highest BCUT2D eigenvalue weighted by atomic mass is 32.2. The molecule has 1 aliphatic heterocycles. The number of ether oxygens (including phenoxy) is 3. The Kier molecular flexibility index (Phi) is 5.29. The lowest BCUT2D eigenvalue weighted by molar-refractivity contribution is 0.324. The van der Waals surface area contributed by atoms with Gasteiger partial charge in [0, 0.05) is 29.1 Å². The van der Waals surface area contributed by atoms with Gasteiger partial charge in [0.2, 0.25) is 5.75 Å². The van der Waals surface area contributed by atoms with Gasteiger partial charge in [0.15, 0.2) is 11.5 Å². The minimum absolute atomic E-state index is 0.483. The van der Waals surface area contributed by atoms with E-state index in [1.807, 2.05) is 23.9 Å². The Morgan fingerprint density at radius 1 is 1.10 bits per heavy atom. The van der Waals surface area contributed by atoms with Gasteiger partial charge in [-0.1, -0.05) is 6.92 Å². The minimum atomic E-state index is 0.483. The van der Waals surface area contributed by atoms with Crippen LogP contribution in [0.1, 0.15) is 19.8 Å². The van der Waals surface area contributed by atoms with Crippen molar-refractivity contribution in [2.75, 3.05) is 32.4 Å². The molecule has 4 nitrogen and oxygen atoms in total. The summed E-state index contributed by atoms with van der Waals surface area (Å²) in [4.78, 5) is 0. The van der Waals surface area contributed by atoms with E-state index >= 15 is 0 Å². The van der Waals surface area contributed by atoms with Gasteiger partial charge in [0.1, 0.15) is 0 Å². The Hall–Kier alpha value is -1.23. The van der Waals surface area contributed by atoms with Crippen LogP contribution in [0.15, 0.2) is 12.1 Å². The first-order valence-corrected chi connectivity index (χ1v) is 7.92. The Labute approximate surface area is 125 Å². The molecule has 1 N–H and O–H groups in total. The van der Waals surface area contributed by atoms with Gasteiger partial charge in [-0.2, -0.15) is 11.8 Å². The summed E-state index contributed by atoms with van der Waals surface area (Å²) in [7, 11) is 4.90. The summed E-state index contributed by atoms with van der Waals surface area (Å²) in [5, 5.41) is 4.21. The molecule has 1 fully saturated rings. The van der Waals surface area contributed by atoms with Gasteiger partial charge in [-0.25, -0.2) is 0 Å². The highest BCUT2D eigenvalue weighted by Crippen LogP contribution is 2.40. The third-order valence-electron chi connectivity index (χ3n) is 3.62. The number of anilines is 1. The monoisotopic (exact) mass is 297 g/mol. The van der Waals surface area contributed by atoms with Crippen LogP contribution < -0.4 is 19.5 Å². The second kappa shape index (κ2) is 6.97. The van der Waals surface area contributed by atoms with E-state index in [0.717, 1.165) is 5.69 Å². The fourth-order valence-electron chi connectivity index (χ4n) is 2.49. The largest absolute Gasteiger partial charge is 0.493 e. The van der Waals surface area contributed by atoms with Crippen molar-refractivity contribution in [2.24, 2.45) is 0 Å².